The summed E-state index contributed by atoms with van der Waals surface area (Å²) in [5.41, 5.74) is -0.478. The minimum absolute atomic E-state index is 0.115. The van der Waals surface area contributed by atoms with Crippen molar-refractivity contribution in [3.8, 4) is 0 Å². The molecule has 0 N–H and O–H groups in total. The van der Waals surface area contributed by atoms with Crippen molar-refractivity contribution < 1.29 is 23.9 Å². The normalized spacial score (nSPS) is 31.2. The van der Waals surface area contributed by atoms with Crippen molar-refractivity contribution in [2.75, 3.05) is 13.7 Å². The number of imide groups is 1. The van der Waals surface area contributed by atoms with Crippen LogP contribution in [0.25, 0.3) is 0 Å². The Balaban J connectivity index is 2.20. The van der Waals surface area contributed by atoms with Gasteiger partial charge >= 0.3 is 12.1 Å². The quantitative estimate of drug-likeness (QED) is 0.733. The number of rotatable bonds is 3. The molecule has 1 saturated heterocycles. The minimum Gasteiger partial charge on any atom is -0.469 e. The highest BCUT2D eigenvalue weighted by atomic mass is 16.6. The van der Waals surface area contributed by atoms with Gasteiger partial charge in [0.2, 0.25) is 5.91 Å². The van der Waals surface area contributed by atoms with Gasteiger partial charge in [0, 0.05) is 0 Å². The van der Waals surface area contributed by atoms with E-state index in [1.165, 1.54) is 12.0 Å². The van der Waals surface area contributed by atoms with Crippen molar-refractivity contribution in [3.63, 3.8) is 0 Å². The summed E-state index contributed by atoms with van der Waals surface area (Å²) in [6.45, 7) is 7.76. The highest BCUT2D eigenvalue weighted by Gasteiger charge is 2.68. The van der Waals surface area contributed by atoms with Gasteiger partial charge in [-0.3, -0.25) is 9.59 Å². The Kier molecular flexibility index (Phi) is 3.52. The SMILES string of the molecule is COC(=O)C1C(C(=O)N2C(=O)OC[C@@H]2C(C)C)C1(C)C. The largest absolute Gasteiger partial charge is 0.469 e. The maximum absolute atomic E-state index is 12.6. The summed E-state index contributed by atoms with van der Waals surface area (Å²) in [6, 6.07) is -0.260. The lowest BCUT2D eigenvalue weighted by Crippen LogP contribution is -2.43. The van der Waals surface area contributed by atoms with Gasteiger partial charge in [-0.05, 0) is 11.3 Å². The van der Waals surface area contributed by atoms with E-state index in [-0.39, 0.29) is 24.5 Å². The summed E-state index contributed by atoms with van der Waals surface area (Å²) in [5, 5.41) is 0. The Morgan fingerprint density at radius 1 is 1.35 bits per heavy atom. The van der Waals surface area contributed by atoms with Gasteiger partial charge in [-0.15, -0.1) is 0 Å². The molecule has 1 aliphatic heterocycles. The Bertz CT molecular complexity index is 456. The Morgan fingerprint density at radius 3 is 2.45 bits per heavy atom. The lowest BCUT2D eigenvalue weighted by molar-refractivity contribution is -0.144. The molecule has 112 valence electrons. The molecule has 2 fully saturated rings. The lowest BCUT2D eigenvalue weighted by atomic mass is 10.0. The van der Waals surface area contributed by atoms with Crippen LogP contribution in [0.15, 0.2) is 0 Å². The smallest absolute Gasteiger partial charge is 0.416 e. The third-order valence-corrected chi connectivity index (χ3v) is 4.46. The van der Waals surface area contributed by atoms with Crippen molar-refractivity contribution in [2.45, 2.75) is 33.7 Å². The van der Waals surface area contributed by atoms with E-state index in [9.17, 15) is 14.4 Å². The van der Waals surface area contributed by atoms with Crippen LogP contribution in [0.4, 0.5) is 4.79 Å². The number of ether oxygens (including phenoxy) is 2. The predicted molar refractivity (Wildman–Crippen MR) is 69.6 cm³/mol. The second kappa shape index (κ2) is 4.75. The summed E-state index contributed by atoms with van der Waals surface area (Å²) in [4.78, 5) is 37.3. The fraction of sp³-hybridized carbons (Fsp3) is 0.786. The van der Waals surface area contributed by atoms with Crippen LogP contribution in [-0.4, -0.2) is 42.6 Å². The third-order valence-electron chi connectivity index (χ3n) is 4.46. The molecule has 6 nitrogen and oxygen atoms in total. The maximum Gasteiger partial charge on any atom is 0.416 e. The summed E-state index contributed by atoms with van der Waals surface area (Å²) >= 11 is 0. The number of nitrogens with zero attached hydrogens (tertiary/aromatic N) is 1. The van der Waals surface area contributed by atoms with E-state index >= 15 is 0 Å². The number of hydrogen-bond donors (Lipinski definition) is 0. The number of carbonyl (C=O) groups excluding carboxylic acids is 3. The molecule has 2 unspecified atom stereocenters. The van der Waals surface area contributed by atoms with E-state index in [1.54, 1.807) is 0 Å². The first-order valence-electron chi connectivity index (χ1n) is 6.81. The molecular weight excluding hydrogens is 262 g/mol. The van der Waals surface area contributed by atoms with Crippen LogP contribution in [0.2, 0.25) is 0 Å². The standard InChI is InChI=1S/C14H21NO5/c1-7(2)8-6-20-13(18)15(8)11(16)9-10(12(17)19-5)14(9,3)4/h7-10H,6H2,1-5H3/t8-,9?,10?/m1/s1. The average Bonchev–Trinajstić information content (AvgIpc) is 2.74. The van der Waals surface area contributed by atoms with E-state index in [0.717, 1.165) is 0 Å². The molecule has 3 atom stereocenters. The second-order valence-corrected chi connectivity index (χ2v) is 6.40. The van der Waals surface area contributed by atoms with Crippen LogP contribution in [0, 0.1) is 23.2 Å². The number of hydrogen-bond acceptors (Lipinski definition) is 5. The van der Waals surface area contributed by atoms with Crippen LogP contribution in [0.5, 0.6) is 0 Å². The van der Waals surface area contributed by atoms with E-state index in [0.29, 0.717) is 0 Å². The Labute approximate surface area is 118 Å². The van der Waals surface area contributed by atoms with Gasteiger partial charge in [-0.2, -0.15) is 0 Å². The highest BCUT2D eigenvalue weighted by molar-refractivity contribution is 6.00. The molecule has 2 aliphatic rings. The van der Waals surface area contributed by atoms with Crippen LogP contribution < -0.4 is 0 Å². The van der Waals surface area contributed by atoms with Crippen LogP contribution >= 0.6 is 0 Å². The van der Waals surface area contributed by atoms with Crippen LogP contribution in [0.3, 0.4) is 0 Å². The first-order chi connectivity index (χ1) is 9.23. The van der Waals surface area contributed by atoms with Crippen molar-refractivity contribution >= 4 is 18.0 Å². The molecule has 2 rings (SSSR count). The van der Waals surface area contributed by atoms with Gasteiger partial charge in [0.05, 0.1) is 25.0 Å². The number of cyclic esters (lactones) is 1. The molecule has 0 bridgehead atoms. The first-order valence-corrected chi connectivity index (χ1v) is 6.81. The number of carbonyl (C=O) groups is 3. The van der Waals surface area contributed by atoms with E-state index < -0.39 is 29.3 Å². The van der Waals surface area contributed by atoms with E-state index in [2.05, 4.69) is 0 Å². The molecule has 1 saturated carbocycles. The third kappa shape index (κ3) is 2.07. The summed E-state index contributed by atoms with van der Waals surface area (Å²) in [7, 11) is 1.30. The van der Waals surface area contributed by atoms with Crippen molar-refractivity contribution in [3.05, 3.63) is 0 Å². The van der Waals surface area contributed by atoms with Gasteiger partial charge in [0.1, 0.15) is 6.61 Å². The zero-order valence-electron chi connectivity index (χ0n) is 12.5. The van der Waals surface area contributed by atoms with Gasteiger partial charge in [0.15, 0.2) is 0 Å². The van der Waals surface area contributed by atoms with Crippen molar-refractivity contribution in [1.29, 1.82) is 0 Å². The molecule has 2 amide bonds. The molecule has 0 spiro atoms. The lowest BCUT2D eigenvalue weighted by Gasteiger charge is -2.23. The summed E-state index contributed by atoms with van der Waals surface area (Å²) in [6.07, 6.45) is -0.611. The molecule has 0 radical (unpaired) electrons. The molecule has 0 aromatic rings. The van der Waals surface area contributed by atoms with Crippen molar-refractivity contribution in [2.24, 2.45) is 23.2 Å². The Morgan fingerprint density at radius 2 is 1.95 bits per heavy atom. The van der Waals surface area contributed by atoms with E-state index in [4.69, 9.17) is 9.47 Å². The summed E-state index contributed by atoms with van der Waals surface area (Å²) in [5.74, 6) is -1.61. The topological polar surface area (TPSA) is 72.9 Å². The number of methoxy groups -OCH3 is 1. The molecule has 1 heterocycles. The van der Waals surface area contributed by atoms with Crippen LogP contribution in [0.1, 0.15) is 27.7 Å². The van der Waals surface area contributed by atoms with E-state index in [1.807, 2.05) is 27.7 Å². The molecule has 20 heavy (non-hydrogen) atoms. The monoisotopic (exact) mass is 283 g/mol. The average molecular weight is 283 g/mol. The van der Waals surface area contributed by atoms with Gasteiger partial charge in [-0.25, -0.2) is 9.69 Å². The van der Waals surface area contributed by atoms with Gasteiger partial charge in [-0.1, -0.05) is 27.7 Å². The zero-order chi connectivity index (χ0) is 15.2. The van der Waals surface area contributed by atoms with Crippen LogP contribution in [-0.2, 0) is 19.1 Å². The maximum atomic E-state index is 12.6. The molecule has 0 aromatic carbocycles. The second-order valence-electron chi connectivity index (χ2n) is 6.40. The summed E-state index contributed by atoms with van der Waals surface area (Å²) < 4.78 is 9.71. The zero-order valence-corrected chi connectivity index (χ0v) is 12.5. The predicted octanol–water partition coefficient (Wildman–Crippen LogP) is 1.43. The fourth-order valence-corrected chi connectivity index (χ4v) is 3.00. The first kappa shape index (κ1) is 14.8. The highest BCUT2D eigenvalue weighted by Crippen LogP contribution is 2.59. The van der Waals surface area contributed by atoms with Gasteiger partial charge < -0.3 is 9.47 Å². The fourth-order valence-electron chi connectivity index (χ4n) is 3.00. The Hall–Kier alpha value is -1.59. The number of esters is 1. The molecule has 1 aliphatic carbocycles. The molecule has 6 heteroatoms. The number of amides is 2. The van der Waals surface area contributed by atoms with Crippen molar-refractivity contribution in [1.82, 2.24) is 4.90 Å². The molecular formula is C14H21NO5. The van der Waals surface area contributed by atoms with Gasteiger partial charge in [0.25, 0.3) is 0 Å². The molecule has 0 aromatic heterocycles. The minimum atomic E-state index is -0.611.